The normalized spacial score (nSPS) is 13.7. The first kappa shape index (κ1) is 29.5. The van der Waals surface area contributed by atoms with Crippen molar-refractivity contribution < 1.29 is 14.2 Å². The molecule has 0 radical (unpaired) electrons. The van der Waals surface area contributed by atoms with E-state index in [1.54, 1.807) is 0 Å². The van der Waals surface area contributed by atoms with Crippen LogP contribution in [0.4, 0.5) is 0 Å². The van der Waals surface area contributed by atoms with Crippen molar-refractivity contribution in [1.82, 2.24) is 0 Å². The van der Waals surface area contributed by atoms with E-state index in [2.05, 4.69) is 13.8 Å². The molecule has 29 heavy (non-hydrogen) atoms. The molecule has 0 amide bonds. The summed E-state index contributed by atoms with van der Waals surface area (Å²) in [5.41, 5.74) is 0. The lowest BCUT2D eigenvalue weighted by Gasteiger charge is -2.21. The Labute approximate surface area is 191 Å². The van der Waals surface area contributed by atoms with E-state index in [9.17, 15) is 0 Å². The Morgan fingerprint density at radius 2 is 0.862 bits per heavy atom. The highest BCUT2D eigenvalue weighted by atomic mass is 35.5. The Kier molecular flexibility index (Phi) is 25.1. The van der Waals surface area contributed by atoms with Gasteiger partial charge in [-0.3, -0.25) is 0 Å². The monoisotopic (exact) mass is 454 g/mol. The molecule has 0 bridgehead atoms. The lowest BCUT2D eigenvalue weighted by molar-refractivity contribution is -0.0578. The molecule has 0 aliphatic carbocycles. The molecule has 0 aliphatic heterocycles. The zero-order valence-corrected chi connectivity index (χ0v) is 20.8. The molecule has 176 valence electrons. The van der Waals surface area contributed by atoms with Crippen LogP contribution in [0.3, 0.4) is 0 Å². The Morgan fingerprint density at radius 1 is 0.517 bits per heavy atom. The number of halogens is 2. The minimum atomic E-state index is 0.215. The van der Waals surface area contributed by atoms with Crippen molar-refractivity contribution >= 4 is 23.2 Å². The van der Waals surface area contributed by atoms with Gasteiger partial charge in [-0.05, 0) is 39.5 Å². The van der Waals surface area contributed by atoms with Gasteiger partial charge >= 0.3 is 0 Å². The van der Waals surface area contributed by atoms with Gasteiger partial charge in [0, 0.05) is 25.0 Å². The number of unbranched alkanes of at least 4 members (excludes halogenated alkanes) is 10. The Bertz CT molecular complexity index is 278. The second kappa shape index (κ2) is 24.7. The molecule has 0 spiro atoms. The average molecular weight is 456 g/mol. The molecule has 2 unspecified atom stereocenters. The van der Waals surface area contributed by atoms with Gasteiger partial charge in [0.25, 0.3) is 0 Å². The van der Waals surface area contributed by atoms with E-state index >= 15 is 0 Å². The molecule has 0 aromatic rings. The molecule has 2 atom stereocenters. The highest BCUT2D eigenvalue weighted by Gasteiger charge is 2.13. The Hall–Kier alpha value is 0.460. The second-order valence-electron chi connectivity index (χ2n) is 7.89. The van der Waals surface area contributed by atoms with Crippen LogP contribution >= 0.6 is 23.2 Å². The van der Waals surface area contributed by atoms with E-state index in [1.165, 1.54) is 64.2 Å². The van der Waals surface area contributed by atoms with Crippen LogP contribution < -0.4 is 0 Å². The quantitative estimate of drug-likeness (QED) is 0.110. The number of hydrogen-bond donors (Lipinski definition) is 0. The van der Waals surface area contributed by atoms with Gasteiger partial charge in [-0.1, -0.05) is 64.2 Å². The molecule has 0 rings (SSSR count). The number of alkyl halides is 2. The van der Waals surface area contributed by atoms with E-state index < -0.39 is 0 Å². The van der Waals surface area contributed by atoms with E-state index in [1.807, 2.05) is 0 Å². The molecular formula is C24H48Cl2O3. The lowest BCUT2D eigenvalue weighted by atomic mass is 10.1. The lowest BCUT2D eigenvalue weighted by Crippen LogP contribution is -2.25. The smallest absolute Gasteiger partial charge is 0.0808 e. The third kappa shape index (κ3) is 21.5. The van der Waals surface area contributed by atoms with Gasteiger partial charge in [0.2, 0.25) is 0 Å². The Morgan fingerprint density at radius 3 is 1.21 bits per heavy atom. The molecule has 5 heteroatoms. The molecule has 0 saturated heterocycles. The molecular weight excluding hydrogens is 407 g/mol. The Balaban J connectivity index is 3.85. The fourth-order valence-electron chi connectivity index (χ4n) is 3.58. The molecule has 0 N–H and O–H groups in total. The van der Waals surface area contributed by atoms with Crippen LogP contribution in [0.25, 0.3) is 0 Å². The average Bonchev–Trinajstić information content (AvgIpc) is 2.72. The summed E-state index contributed by atoms with van der Waals surface area (Å²) >= 11 is 11.4. The number of ether oxygens (including phenoxy) is 3. The molecule has 0 aromatic heterocycles. The van der Waals surface area contributed by atoms with Crippen molar-refractivity contribution in [2.45, 2.75) is 116 Å². The fourth-order valence-corrected chi connectivity index (χ4v) is 3.96. The third-order valence-electron chi connectivity index (χ3n) is 5.23. The minimum absolute atomic E-state index is 0.215. The van der Waals surface area contributed by atoms with E-state index in [-0.39, 0.29) is 12.2 Å². The van der Waals surface area contributed by atoms with Crippen LogP contribution in [0.5, 0.6) is 0 Å². The molecule has 0 saturated carbocycles. The number of hydrogen-bond acceptors (Lipinski definition) is 3. The first-order chi connectivity index (χ1) is 14.3. The van der Waals surface area contributed by atoms with Crippen molar-refractivity contribution in [3.8, 4) is 0 Å². The van der Waals surface area contributed by atoms with Crippen molar-refractivity contribution in [3.63, 3.8) is 0 Å². The minimum Gasteiger partial charge on any atom is -0.376 e. The summed E-state index contributed by atoms with van der Waals surface area (Å²) in [6.07, 6.45) is 17.6. The highest BCUT2D eigenvalue weighted by Crippen LogP contribution is 2.14. The molecule has 0 aromatic carbocycles. The van der Waals surface area contributed by atoms with Crippen molar-refractivity contribution in [1.29, 1.82) is 0 Å². The standard InChI is InChI=1S/C24H48Cl2O3/c1-3-28-23(17-13-9-5-7-11-15-19-25)21-27-22-24(29-4-2)18-14-10-6-8-12-16-20-26/h23-24H,3-22H2,1-2H3. The van der Waals surface area contributed by atoms with Crippen molar-refractivity contribution in [3.05, 3.63) is 0 Å². The fraction of sp³-hybridized carbons (Fsp3) is 1.00. The summed E-state index contributed by atoms with van der Waals surface area (Å²) < 4.78 is 17.8. The predicted molar refractivity (Wildman–Crippen MR) is 128 cm³/mol. The van der Waals surface area contributed by atoms with Crippen LogP contribution in [0, 0.1) is 0 Å². The van der Waals surface area contributed by atoms with E-state index in [0.717, 1.165) is 50.7 Å². The summed E-state index contributed by atoms with van der Waals surface area (Å²) in [4.78, 5) is 0. The molecule has 0 fully saturated rings. The molecule has 0 aliphatic rings. The van der Waals surface area contributed by atoms with Crippen molar-refractivity contribution in [2.75, 3.05) is 38.2 Å². The van der Waals surface area contributed by atoms with Gasteiger partial charge in [-0.2, -0.15) is 0 Å². The van der Waals surface area contributed by atoms with Gasteiger partial charge < -0.3 is 14.2 Å². The van der Waals surface area contributed by atoms with Gasteiger partial charge in [-0.15, -0.1) is 23.2 Å². The molecule has 3 nitrogen and oxygen atoms in total. The van der Waals surface area contributed by atoms with E-state index in [0.29, 0.717) is 13.2 Å². The maximum atomic E-state index is 6.00. The summed E-state index contributed by atoms with van der Waals surface area (Å²) in [5.74, 6) is 1.59. The van der Waals surface area contributed by atoms with Gasteiger partial charge in [0.05, 0.1) is 25.4 Å². The van der Waals surface area contributed by atoms with Gasteiger partial charge in [-0.25, -0.2) is 0 Å². The summed E-state index contributed by atoms with van der Waals surface area (Å²) in [6.45, 7) is 7.00. The zero-order valence-electron chi connectivity index (χ0n) is 19.3. The van der Waals surface area contributed by atoms with Crippen LogP contribution in [0.2, 0.25) is 0 Å². The largest absolute Gasteiger partial charge is 0.376 e. The first-order valence-corrected chi connectivity index (χ1v) is 13.3. The van der Waals surface area contributed by atoms with Crippen LogP contribution in [0.1, 0.15) is 104 Å². The van der Waals surface area contributed by atoms with Crippen molar-refractivity contribution in [2.24, 2.45) is 0 Å². The zero-order chi connectivity index (χ0) is 21.4. The van der Waals surface area contributed by atoms with Crippen LogP contribution in [-0.4, -0.2) is 50.4 Å². The summed E-state index contributed by atoms with van der Waals surface area (Å²) in [6, 6.07) is 0. The third-order valence-corrected chi connectivity index (χ3v) is 5.77. The van der Waals surface area contributed by atoms with Crippen LogP contribution in [-0.2, 0) is 14.2 Å². The first-order valence-electron chi connectivity index (χ1n) is 12.2. The SMILES string of the molecule is CCOC(CCCCCCCCCl)COCC(CCCCCCCCCl)OCC. The van der Waals surface area contributed by atoms with Gasteiger partial charge in [0.1, 0.15) is 0 Å². The van der Waals surface area contributed by atoms with Gasteiger partial charge in [0.15, 0.2) is 0 Å². The predicted octanol–water partition coefficient (Wildman–Crippen LogP) is 7.75. The number of rotatable bonds is 24. The van der Waals surface area contributed by atoms with E-state index in [4.69, 9.17) is 37.4 Å². The van der Waals surface area contributed by atoms with Crippen LogP contribution in [0.15, 0.2) is 0 Å². The summed E-state index contributed by atoms with van der Waals surface area (Å²) in [5, 5.41) is 0. The second-order valence-corrected chi connectivity index (χ2v) is 8.65. The highest BCUT2D eigenvalue weighted by molar-refractivity contribution is 6.18. The molecule has 0 heterocycles. The maximum absolute atomic E-state index is 6.00. The topological polar surface area (TPSA) is 27.7 Å². The summed E-state index contributed by atoms with van der Waals surface area (Å²) in [7, 11) is 0. The maximum Gasteiger partial charge on any atom is 0.0808 e.